The van der Waals surface area contributed by atoms with Crippen molar-refractivity contribution in [3.63, 3.8) is 0 Å². The SMILES string of the molecule is COCCCOc1ccnc(CS(=O)c2nc3cc4c[nH][nH]c4cc3n2)c1C. The Kier molecular flexibility index (Phi) is 5.36. The van der Waals surface area contributed by atoms with Gasteiger partial charge in [-0.3, -0.25) is 9.19 Å². The number of benzene rings is 1. The van der Waals surface area contributed by atoms with Crippen LogP contribution in [0, 0.1) is 6.92 Å². The molecule has 28 heavy (non-hydrogen) atoms. The molecule has 0 aliphatic carbocycles. The van der Waals surface area contributed by atoms with E-state index in [1.807, 2.05) is 31.3 Å². The molecule has 0 spiro atoms. The Hall–Kier alpha value is -2.78. The van der Waals surface area contributed by atoms with Crippen LogP contribution >= 0.6 is 0 Å². The van der Waals surface area contributed by atoms with E-state index in [9.17, 15) is 4.21 Å². The Morgan fingerprint density at radius 1 is 1.18 bits per heavy atom. The second kappa shape index (κ2) is 8.07. The highest BCUT2D eigenvalue weighted by Gasteiger charge is 2.16. The molecule has 4 aromatic rings. The van der Waals surface area contributed by atoms with Gasteiger partial charge < -0.3 is 19.7 Å². The Morgan fingerprint density at radius 2 is 2.00 bits per heavy atom. The summed E-state index contributed by atoms with van der Waals surface area (Å²) in [6.45, 7) is 3.13. The van der Waals surface area contributed by atoms with Gasteiger partial charge in [-0.2, -0.15) is 0 Å². The minimum Gasteiger partial charge on any atom is -0.493 e. The topological polar surface area (TPSA) is 106 Å². The zero-order valence-corrected chi connectivity index (χ0v) is 16.5. The third-order valence-electron chi connectivity index (χ3n) is 4.49. The lowest BCUT2D eigenvalue weighted by molar-refractivity contribution is 0.172. The van der Waals surface area contributed by atoms with Gasteiger partial charge in [-0.15, -0.1) is 0 Å². The molecule has 1 atom stereocenters. The molecule has 0 bridgehead atoms. The first-order chi connectivity index (χ1) is 13.7. The Morgan fingerprint density at radius 3 is 2.82 bits per heavy atom. The fourth-order valence-electron chi connectivity index (χ4n) is 2.96. The predicted molar refractivity (Wildman–Crippen MR) is 107 cm³/mol. The summed E-state index contributed by atoms with van der Waals surface area (Å²) in [5, 5.41) is 7.28. The number of nitrogens with one attached hydrogen (secondary N) is 2. The van der Waals surface area contributed by atoms with E-state index in [0.29, 0.717) is 23.9 Å². The van der Waals surface area contributed by atoms with Gasteiger partial charge in [-0.1, -0.05) is 0 Å². The van der Waals surface area contributed by atoms with Crippen molar-refractivity contribution in [3.05, 3.63) is 41.9 Å². The first-order valence-corrected chi connectivity index (χ1v) is 10.3. The molecular formula is C19H21N5O3S. The lowest BCUT2D eigenvalue weighted by atomic mass is 10.2. The lowest BCUT2D eigenvalue weighted by Crippen LogP contribution is -2.06. The maximum absolute atomic E-state index is 12.9. The van der Waals surface area contributed by atoms with Crippen LogP contribution in [-0.4, -0.2) is 49.7 Å². The van der Waals surface area contributed by atoms with E-state index in [2.05, 4.69) is 25.1 Å². The molecule has 4 rings (SSSR count). The van der Waals surface area contributed by atoms with Crippen LogP contribution in [0.15, 0.2) is 35.7 Å². The summed E-state index contributed by atoms with van der Waals surface area (Å²) in [7, 11) is 0.268. The standard InChI is InChI=1S/C19H21N5O3S/c1-12-17(20-5-4-18(12)27-7-3-6-26-2)11-28(25)19-22-15-8-13-10-21-24-14(13)9-16(15)23-19/h4-5,8-10,21,24H,3,6-7,11H2,1-2H3. The van der Waals surface area contributed by atoms with Gasteiger partial charge in [0, 0.05) is 43.5 Å². The second-order valence-corrected chi connectivity index (χ2v) is 7.76. The summed E-state index contributed by atoms with van der Waals surface area (Å²) in [5.74, 6) is 0.987. The van der Waals surface area contributed by atoms with Crippen molar-refractivity contribution in [2.45, 2.75) is 24.3 Å². The summed E-state index contributed by atoms with van der Waals surface area (Å²) >= 11 is 0. The van der Waals surface area contributed by atoms with E-state index in [1.54, 1.807) is 13.3 Å². The molecule has 146 valence electrons. The second-order valence-electron chi connectivity index (χ2n) is 6.41. The monoisotopic (exact) mass is 399 g/mol. The van der Waals surface area contributed by atoms with E-state index in [0.717, 1.165) is 39.8 Å². The van der Waals surface area contributed by atoms with Gasteiger partial charge in [0.2, 0.25) is 5.16 Å². The molecule has 0 aliphatic heterocycles. The van der Waals surface area contributed by atoms with Crippen molar-refractivity contribution >= 4 is 32.7 Å². The zero-order valence-electron chi connectivity index (χ0n) is 15.7. The first-order valence-electron chi connectivity index (χ1n) is 8.93. The molecule has 3 aromatic heterocycles. The van der Waals surface area contributed by atoms with Gasteiger partial charge in [-0.25, -0.2) is 9.97 Å². The maximum Gasteiger partial charge on any atom is 0.220 e. The number of hydrogen-bond acceptors (Lipinski definition) is 6. The van der Waals surface area contributed by atoms with Crippen molar-refractivity contribution in [2.75, 3.05) is 20.3 Å². The average Bonchev–Trinajstić information content (AvgIpc) is 3.31. The largest absolute Gasteiger partial charge is 0.493 e. The van der Waals surface area contributed by atoms with Gasteiger partial charge in [0.1, 0.15) is 5.75 Å². The van der Waals surface area contributed by atoms with Crippen molar-refractivity contribution in [2.24, 2.45) is 0 Å². The molecule has 0 amide bonds. The van der Waals surface area contributed by atoms with Crippen molar-refractivity contribution < 1.29 is 13.7 Å². The van der Waals surface area contributed by atoms with Crippen molar-refractivity contribution in [3.8, 4) is 5.75 Å². The number of rotatable bonds is 8. The van der Waals surface area contributed by atoms with Crippen LogP contribution in [-0.2, 0) is 21.3 Å². The van der Waals surface area contributed by atoms with Crippen LogP contribution in [0.3, 0.4) is 0 Å². The number of aromatic nitrogens is 5. The zero-order chi connectivity index (χ0) is 19.5. The van der Waals surface area contributed by atoms with E-state index in [-0.39, 0.29) is 5.75 Å². The molecular weight excluding hydrogens is 378 g/mol. The van der Waals surface area contributed by atoms with E-state index in [1.165, 1.54) is 0 Å². The van der Waals surface area contributed by atoms with Gasteiger partial charge in [0.15, 0.2) is 0 Å². The molecule has 0 saturated heterocycles. The van der Waals surface area contributed by atoms with Gasteiger partial charge in [0.25, 0.3) is 0 Å². The number of pyridine rings is 1. The molecule has 9 heteroatoms. The fourth-order valence-corrected chi connectivity index (χ4v) is 4.03. The summed E-state index contributed by atoms with van der Waals surface area (Å²) in [6, 6.07) is 5.64. The molecule has 1 unspecified atom stereocenters. The van der Waals surface area contributed by atoms with Gasteiger partial charge in [-0.05, 0) is 25.1 Å². The molecule has 0 saturated carbocycles. The predicted octanol–water partition coefficient (Wildman–Crippen LogP) is 2.87. The number of imidazole rings is 1. The van der Waals surface area contributed by atoms with Crippen LogP contribution in [0.5, 0.6) is 5.75 Å². The Balaban J connectivity index is 1.52. The van der Waals surface area contributed by atoms with E-state index >= 15 is 0 Å². The number of fused-ring (bicyclic) bond motifs is 2. The number of hydrogen-bond donors (Lipinski definition) is 2. The molecule has 0 fully saturated rings. The minimum absolute atomic E-state index is 0.239. The maximum atomic E-state index is 12.9. The van der Waals surface area contributed by atoms with Gasteiger partial charge in [0.05, 0.1) is 45.4 Å². The molecule has 8 nitrogen and oxygen atoms in total. The number of nitrogens with zero attached hydrogens (tertiary/aromatic N) is 3. The first kappa shape index (κ1) is 18.6. The Bertz CT molecular complexity index is 1090. The number of methoxy groups -OCH3 is 1. The number of aromatic amines is 2. The molecule has 3 heterocycles. The van der Waals surface area contributed by atoms with Crippen LogP contribution < -0.4 is 4.74 Å². The number of ether oxygens (including phenoxy) is 2. The average molecular weight is 399 g/mol. The van der Waals surface area contributed by atoms with Crippen molar-refractivity contribution in [1.29, 1.82) is 0 Å². The molecule has 0 aliphatic rings. The third kappa shape index (κ3) is 3.76. The fraction of sp³-hybridized carbons (Fsp3) is 0.316. The summed E-state index contributed by atoms with van der Waals surface area (Å²) in [4.78, 5) is 13.3. The molecule has 0 radical (unpaired) electrons. The Labute approximate surface area is 164 Å². The van der Waals surface area contributed by atoms with Crippen LogP contribution in [0.2, 0.25) is 0 Å². The third-order valence-corrected chi connectivity index (χ3v) is 5.62. The minimum atomic E-state index is -1.40. The normalized spacial score (nSPS) is 12.6. The quantitative estimate of drug-likeness (QED) is 0.441. The molecule has 2 N–H and O–H groups in total. The summed E-state index contributed by atoms with van der Waals surface area (Å²) in [6.07, 6.45) is 4.33. The van der Waals surface area contributed by atoms with Gasteiger partial charge >= 0.3 is 0 Å². The van der Waals surface area contributed by atoms with E-state index in [4.69, 9.17) is 9.47 Å². The van der Waals surface area contributed by atoms with Crippen LogP contribution in [0.25, 0.3) is 21.9 Å². The lowest BCUT2D eigenvalue weighted by Gasteiger charge is -2.11. The van der Waals surface area contributed by atoms with Crippen LogP contribution in [0.1, 0.15) is 17.7 Å². The van der Waals surface area contributed by atoms with Crippen molar-refractivity contribution in [1.82, 2.24) is 25.1 Å². The van der Waals surface area contributed by atoms with E-state index < -0.39 is 10.8 Å². The smallest absolute Gasteiger partial charge is 0.220 e. The molecule has 1 aromatic carbocycles. The van der Waals surface area contributed by atoms with Crippen LogP contribution in [0.4, 0.5) is 0 Å². The highest BCUT2D eigenvalue weighted by Crippen LogP contribution is 2.24. The highest BCUT2D eigenvalue weighted by molar-refractivity contribution is 7.84. The summed E-state index contributed by atoms with van der Waals surface area (Å²) < 4.78 is 23.7. The number of H-pyrrole nitrogens is 2. The highest BCUT2D eigenvalue weighted by atomic mass is 32.2. The summed E-state index contributed by atoms with van der Waals surface area (Å²) in [5.41, 5.74) is 3.97.